The van der Waals surface area contributed by atoms with Crippen molar-refractivity contribution in [3.8, 4) is 0 Å². The Bertz CT molecular complexity index is 844. The summed E-state index contributed by atoms with van der Waals surface area (Å²) in [7, 11) is 0. The summed E-state index contributed by atoms with van der Waals surface area (Å²) in [4.78, 5) is 47.2. The van der Waals surface area contributed by atoms with Crippen LogP contribution < -0.4 is 5.32 Å². The minimum atomic E-state index is -1.42. The first-order valence-electron chi connectivity index (χ1n) is 7.49. The van der Waals surface area contributed by atoms with Gasteiger partial charge in [0.25, 0.3) is 5.91 Å². The lowest BCUT2D eigenvalue weighted by molar-refractivity contribution is -0.139. The van der Waals surface area contributed by atoms with Gasteiger partial charge in [0.2, 0.25) is 0 Å². The van der Waals surface area contributed by atoms with E-state index in [0.29, 0.717) is 0 Å². The summed E-state index contributed by atoms with van der Waals surface area (Å²) in [6.07, 6.45) is 0.549. The fourth-order valence-electron chi connectivity index (χ4n) is 2.06. The van der Waals surface area contributed by atoms with Gasteiger partial charge in [0.05, 0.1) is 28.3 Å². The summed E-state index contributed by atoms with van der Waals surface area (Å²) in [6, 6.07) is 5.75. The highest BCUT2D eigenvalue weighted by atomic mass is 35.5. The summed E-state index contributed by atoms with van der Waals surface area (Å²) >= 11 is 11.8. The molecule has 142 valence electrons. The molecule has 2 aromatic rings. The zero-order valence-corrected chi connectivity index (χ0v) is 15.1. The summed E-state index contributed by atoms with van der Waals surface area (Å²) < 4.78 is 9.74. The third-order valence-corrected chi connectivity index (χ3v) is 3.96. The fourth-order valence-corrected chi connectivity index (χ4v) is 2.61. The van der Waals surface area contributed by atoms with Gasteiger partial charge in [-0.3, -0.25) is 14.4 Å². The van der Waals surface area contributed by atoms with E-state index in [2.05, 4.69) is 5.32 Å². The van der Waals surface area contributed by atoms with E-state index in [4.69, 9.17) is 37.5 Å². The largest absolute Gasteiger partial charge is 0.481 e. The molecule has 2 N–H and O–H groups in total. The van der Waals surface area contributed by atoms with Crippen LogP contribution in [0.2, 0.25) is 10.0 Å². The number of hydrogen-bond acceptors (Lipinski definition) is 6. The molecule has 0 saturated carbocycles. The second-order valence-electron chi connectivity index (χ2n) is 5.24. The standard InChI is InChI=1S/C17H13Cl2NO7/c18-9-3-1-4-10(19)15(9)17(25)27-8-12(21)11(7-14(22)23)20-16(24)13-5-2-6-26-13/h1-6,11H,7-8H2,(H,20,24)(H,22,23). The quantitative estimate of drug-likeness (QED) is 0.637. The van der Waals surface area contributed by atoms with Gasteiger partial charge in [-0.1, -0.05) is 29.3 Å². The number of aliphatic carboxylic acids is 1. The second-order valence-corrected chi connectivity index (χ2v) is 6.05. The summed E-state index contributed by atoms with van der Waals surface area (Å²) in [6.45, 7) is -0.781. The third kappa shape index (κ3) is 5.57. The van der Waals surface area contributed by atoms with E-state index in [0.717, 1.165) is 0 Å². The Morgan fingerprint density at radius 1 is 1.11 bits per heavy atom. The van der Waals surface area contributed by atoms with Gasteiger partial charge < -0.3 is 19.6 Å². The Morgan fingerprint density at radius 3 is 2.33 bits per heavy atom. The van der Waals surface area contributed by atoms with Crippen LogP contribution in [-0.2, 0) is 14.3 Å². The average Bonchev–Trinajstić information content (AvgIpc) is 3.13. The van der Waals surface area contributed by atoms with Crippen molar-refractivity contribution < 1.29 is 33.4 Å². The number of Topliss-reactive ketones (excluding diaryl/α,β-unsaturated/α-hetero) is 1. The number of amides is 1. The van der Waals surface area contributed by atoms with E-state index >= 15 is 0 Å². The van der Waals surface area contributed by atoms with Gasteiger partial charge in [-0.2, -0.15) is 0 Å². The number of esters is 1. The van der Waals surface area contributed by atoms with Gasteiger partial charge in [-0.05, 0) is 24.3 Å². The number of furan rings is 1. The number of ketones is 1. The molecule has 1 heterocycles. The zero-order chi connectivity index (χ0) is 20.0. The number of benzene rings is 1. The monoisotopic (exact) mass is 413 g/mol. The summed E-state index contributed by atoms with van der Waals surface area (Å²) in [5.41, 5.74) is -0.122. The normalized spacial score (nSPS) is 11.5. The molecular formula is C17H13Cl2NO7. The van der Waals surface area contributed by atoms with E-state index < -0.39 is 42.7 Å². The minimum Gasteiger partial charge on any atom is -0.481 e. The number of ether oxygens (including phenoxy) is 1. The lowest BCUT2D eigenvalue weighted by atomic mass is 10.1. The molecule has 1 aromatic carbocycles. The molecular weight excluding hydrogens is 401 g/mol. The van der Waals surface area contributed by atoms with Crippen LogP contribution in [0.15, 0.2) is 41.0 Å². The van der Waals surface area contributed by atoms with Crippen LogP contribution in [0.3, 0.4) is 0 Å². The van der Waals surface area contributed by atoms with E-state index in [1.807, 2.05) is 0 Å². The van der Waals surface area contributed by atoms with E-state index in [-0.39, 0.29) is 21.4 Å². The Kier molecular flexibility index (Phi) is 6.98. The van der Waals surface area contributed by atoms with Crippen molar-refractivity contribution >= 4 is 46.8 Å². The molecule has 27 heavy (non-hydrogen) atoms. The topological polar surface area (TPSA) is 123 Å². The highest BCUT2D eigenvalue weighted by Crippen LogP contribution is 2.24. The van der Waals surface area contributed by atoms with Crippen LogP contribution in [0.4, 0.5) is 0 Å². The summed E-state index contributed by atoms with van der Waals surface area (Å²) in [5.74, 6) is -3.98. The van der Waals surface area contributed by atoms with Crippen molar-refractivity contribution in [3.05, 3.63) is 58.0 Å². The highest BCUT2D eigenvalue weighted by Gasteiger charge is 2.27. The molecule has 0 fully saturated rings. The van der Waals surface area contributed by atoms with Gasteiger partial charge in [0.1, 0.15) is 6.04 Å². The highest BCUT2D eigenvalue weighted by molar-refractivity contribution is 6.39. The molecule has 1 amide bonds. The number of carboxylic acid groups (broad SMARTS) is 1. The van der Waals surface area contributed by atoms with Gasteiger partial charge in [-0.25, -0.2) is 4.79 Å². The molecule has 0 aliphatic heterocycles. The lowest BCUT2D eigenvalue weighted by Gasteiger charge is -2.15. The van der Waals surface area contributed by atoms with Gasteiger partial charge >= 0.3 is 11.9 Å². The molecule has 0 aliphatic carbocycles. The lowest BCUT2D eigenvalue weighted by Crippen LogP contribution is -2.44. The number of carbonyl (C=O) groups excluding carboxylic acids is 3. The number of rotatable bonds is 8. The molecule has 1 atom stereocenters. The van der Waals surface area contributed by atoms with E-state index in [9.17, 15) is 19.2 Å². The number of halogens is 2. The van der Waals surface area contributed by atoms with Crippen LogP contribution in [0.1, 0.15) is 27.3 Å². The minimum absolute atomic E-state index is 0.0353. The number of carbonyl (C=O) groups is 4. The van der Waals surface area contributed by atoms with E-state index in [1.54, 1.807) is 0 Å². The van der Waals surface area contributed by atoms with Crippen LogP contribution in [0.25, 0.3) is 0 Å². The maximum absolute atomic E-state index is 12.2. The Morgan fingerprint density at radius 2 is 1.78 bits per heavy atom. The van der Waals surface area contributed by atoms with E-state index in [1.165, 1.54) is 36.6 Å². The zero-order valence-electron chi connectivity index (χ0n) is 13.6. The fraction of sp³-hybridized carbons (Fsp3) is 0.176. The first kappa shape index (κ1) is 20.5. The van der Waals surface area contributed by atoms with Crippen LogP contribution in [-0.4, -0.2) is 41.4 Å². The number of hydrogen-bond donors (Lipinski definition) is 2. The van der Waals surface area contributed by atoms with Crippen LogP contribution >= 0.6 is 23.2 Å². The first-order valence-corrected chi connectivity index (χ1v) is 8.25. The second kappa shape index (κ2) is 9.20. The average molecular weight is 414 g/mol. The Hall–Kier alpha value is -2.84. The molecule has 0 saturated heterocycles. The molecule has 2 rings (SSSR count). The Balaban J connectivity index is 2.04. The molecule has 10 heteroatoms. The predicted octanol–water partition coefficient (Wildman–Crippen LogP) is 2.59. The number of carboxylic acids is 1. The Labute approximate surface area is 163 Å². The van der Waals surface area contributed by atoms with Crippen molar-refractivity contribution in [3.63, 3.8) is 0 Å². The van der Waals surface area contributed by atoms with Crippen LogP contribution in [0.5, 0.6) is 0 Å². The van der Waals surface area contributed by atoms with Crippen molar-refractivity contribution in [2.45, 2.75) is 12.5 Å². The first-order chi connectivity index (χ1) is 12.8. The van der Waals surface area contributed by atoms with Gasteiger partial charge in [0, 0.05) is 0 Å². The van der Waals surface area contributed by atoms with Crippen molar-refractivity contribution in [1.82, 2.24) is 5.32 Å². The third-order valence-electron chi connectivity index (χ3n) is 3.33. The van der Waals surface area contributed by atoms with Crippen molar-refractivity contribution in [2.24, 2.45) is 0 Å². The van der Waals surface area contributed by atoms with Gasteiger partial charge in [0.15, 0.2) is 18.2 Å². The molecule has 1 aromatic heterocycles. The van der Waals surface area contributed by atoms with Crippen LogP contribution in [0, 0.1) is 0 Å². The van der Waals surface area contributed by atoms with Gasteiger partial charge in [-0.15, -0.1) is 0 Å². The maximum Gasteiger partial charge on any atom is 0.341 e. The molecule has 0 spiro atoms. The maximum atomic E-state index is 12.2. The predicted molar refractivity (Wildman–Crippen MR) is 94.0 cm³/mol. The smallest absolute Gasteiger partial charge is 0.341 e. The molecule has 0 radical (unpaired) electrons. The summed E-state index contributed by atoms with van der Waals surface area (Å²) in [5, 5.41) is 11.2. The SMILES string of the molecule is O=C(O)CC(NC(=O)c1ccco1)C(=O)COC(=O)c1c(Cl)cccc1Cl. The molecule has 0 bridgehead atoms. The van der Waals surface area contributed by atoms with Crippen molar-refractivity contribution in [2.75, 3.05) is 6.61 Å². The molecule has 1 unspecified atom stereocenters. The number of nitrogens with one attached hydrogen (secondary N) is 1. The molecule has 8 nitrogen and oxygen atoms in total. The van der Waals surface area contributed by atoms with Crippen molar-refractivity contribution in [1.29, 1.82) is 0 Å². The molecule has 0 aliphatic rings.